The zero-order valence-corrected chi connectivity index (χ0v) is 28.0. The molecule has 5 atom stereocenters. The molecule has 2 saturated heterocycles. The Hall–Kier alpha value is -3.27. The zero-order valence-electron chi connectivity index (χ0n) is 28.0. The lowest BCUT2D eigenvalue weighted by Gasteiger charge is -2.33. The van der Waals surface area contributed by atoms with Crippen LogP contribution in [-0.2, 0) is 16.6 Å². The first-order valence-corrected chi connectivity index (χ1v) is 16.4. The quantitative estimate of drug-likeness (QED) is 0.282. The van der Waals surface area contributed by atoms with Crippen LogP contribution in [0.4, 0.5) is 0 Å². The number of H-pyrrole nitrogens is 1. The number of hydrogen-bond donors (Lipinski definition) is 4. The van der Waals surface area contributed by atoms with Gasteiger partial charge in [0, 0.05) is 44.4 Å². The highest BCUT2D eigenvalue weighted by molar-refractivity contribution is 5.97. The Kier molecular flexibility index (Phi) is 13.8. The van der Waals surface area contributed by atoms with Crippen molar-refractivity contribution in [2.75, 3.05) is 19.8 Å². The monoisotopic (exact) mass is 609 g/mol. The average Bonchev–Trinajstić information content (AvgIpc) is 3.77. The molecule has 5 unspecified atom stereocenters. The minimum Gasteiger partial charge on any atom is -0.381 e. The van der Waals surface area contributed by atoms with Gasteiger partial charge in [-0.05, 0) is 82.3 Å². The van der Waals surface area contributed by atoms with Crippen LogP contribution < -0.4 is 10.6 Å². The Morgan fingerprint density at radius 1 is 1.20 bits per heavy atom. The molecular formula is C34H55N7O3. The van der Waals surface area contributed by atoms with E-state index in [9.17, 15) is 9.59 Å². The lowest BCUT2D eigenvalue weighted by atomic mass is 9.78. The third-order valence-corrected chi connectivity index (χ3v) is 9.09. The molecule has 2 aromatic heterocycles. The van der Waals surface area contributed by atoms with Crippen molar-refractivity contribution in [3.8, 4) is 0 Å². The van der Waals surface area contributed by atoms with E-state index in [1.807, 2.05) is 20.0 Å². The molecule has 1 aliphatic carbocycles. The minimum atomic E-state index is -0.0829. The summed E-state index contributed by atoms with van der Waals surface area (Å²) in [6, 6.07) is 1.72. The van der Waals surface area contributed by atoms with Crippen molar-refractivity contribution in [1.29, 1.82) is 5.41 Å². The van der Waals surface area contributed by atoms with Gasteiger partial charge in [0.05, 0.1) is 24.5 Å². The van der Waals surface area contributed by atoms with Gasteiger partial charge in [-0.15, -0.1) is 0 Å². The van der Waals surface area contributed by atoms with Crippen LogP contribution >= 0.6 is 0 Å². The molecule has 0 bridgehead atoms. The van der Waals surface area contributed by atoms with Crippen molar-refractivity contribution in [1.82, 2.24) is 30.4 Å². The van der Waals surface area contributed by atoms with Crippen LogP contribution in [0.25, 0.3) is 0 Å². The van der Waals surface area contributed by atoms with Gasteiger partial charge in [-0.1, -0.05) is 39.2 Å². The molecule has 0 radical (unpaired) electrons. The largest absolute Gasteiger partial charge is 0.381 e. The molecule has 0 aromatic carbocycles. The van der Waals surface area contributed by atoms with Gasteiger partial charge in [-0.3, -0.25) is 14.3 Å². The summed E-state index contributed by atoms with van der Waals surface area (Å²) in [6.07, 6.45) is 12.2. The van der Waals surface area contributed by atoms with E-state index in [-0.39, 0.29) is 17.9 Å². The SMILES string of the molecule is CC1CCC(=O)NC1.CCC(C)=C(C(C)=N)C1CCOC1.Cc1ncc(C(NC(=O)c2ccnn2C)C2CCCC(C)C2)[nH]1. The number of nitrogens with zero attached hydrogens (tertiary/aromatic N) is 3. The number of carbonyl (C=O) groups is 2. The lowest BCUT2D eigenvalue weighted by Crippen LogP contribution is -2.36. The van der Waals surface area contributed by atoms with E-state index in [0.29, 0.717) is 29.4 Å². The highest BCUT2D eigenvalue weighted by Gasteiger charge is 2.31. The number of aromatic amines is 1. The summed E-state index contributed by atoms with van der Waals surface area (Å²) in [5, 5.41) is 17.8. The van der Waals surface area contributed by atoms with Crippen LogP contribution in [-0.4, -0.2) is 57.0 Å². The van der Waals surface area contributed by atoms with Crippen LogP contribution in [0.5, 0.6) is 0 Å². The van der Waals surface area contributed by atoms with Crippen LogP contribution in [0.1, 0.15) is 114 Å². The minimum absolute atomic E-state index is 0.0265. The molecule has 244 valence electrons. The number of aromatic nitrogens is 4. The van der Waals surface area contributed by atoms with Crippen molar-refractivity contribution >= 4 is 17.5 Å². The molecule has 1 saturated carbocycles. The number of imidazole rings is 1. The summed E-state index contributed by atoms with van der Waals surface area (Å²) >= 11 is 0. The highest BCUT2D eigenvalue weighted by Crippen LogP contribution is 2.37. The van der Waals surface area contributed by atoms with Crippen LogP contribution in [0.15, 0.2) is 29.6 Å². The predicted molar refractivity (Wildman–Crippen MR) is 175 cm³/mol. The number of ether oxygens (including phenoxy) is 1. The van der Waals surface area contributed by atoms with Crippen molar-refractivity contribution in [2.45, 2.75) is 99.0 Å². The summed E-state index contributed by atoms with van der Waals surface area (Å²) in [6.45, 7) is 15.1. The molecule has 2 aromatic rings. The number of hydrogen-bond acceptors (Lipinski definition) is 6. The molecular weight excluding hydrogens is 554 g/mol. The molecule has 5 rings (SSSR count). The fourth-order valence-corrected chi connectivity index (χ4v) is 6.43. The maximum atomic E-state index is 12.6. The third kappa shape index (κ3) is 10.4. The summed E-state index contributed by atoms with van der Waals surface area (Å²) in [5.41, 5.74) is 4.88. The number of amides is 2. The second kappa shape index (κ2) is 17.3. The van der Waals surface area contributed by atoms with E-state index in [0.717, 1.165) is 75.5 Å². The Morgan fingerprint density at radius 3 is 2.48 bits per heavy atom. The topological polar surface area (TPSA) is 138 Å². The normalized spacial score (nSPS) is 24.5. The van der Waals surface area contributed by atoms with Crippen LogP contribution in [0, 0.1) is 36.0 Å². The Bertz CT molecular complexity index is 1250. The fourth-order valence-electron chi connectivity index (χ4n) is 6.43. The van der Waals surface area contributed by atoms with E-state index >= 15 is 0 Å². The number of nitrogens with one attached hydrogen (secondary N) is 4. The summed E-state index contributed by atoms with van der Waals surface area (Å²) in [7, 11) is 1.78. The van der Waals surface area contributed by atoms with Crippen molar-refractivity contribution < 1.29 is 14.3 Å². The molecule has 10 nitrogen and oxygen atoms in total. The number of rotatable bonds is 7. The number of piperidine rings is 1. The van der Waals surface area contributed by atoms with Gasteiger partial charge in [0.2, 0.25) is 5.91 Å². The van der Waals surface area contributed by atoms with Gasteiger partial charge in [-0.25, -0.2) is 4.98 Å². The van der Waals surface area contributed by atoms with E-state index in [1.165, 1.54) is 24.0 Å². The first kappa shape index (κ1) is 35.2. The summed E-state index contributed by atoms with van der Waals surface area (Å²) in [5.74, 6) is 3.32. The fraction of sp³-hybridized carbons (Fsp3) is 0.676. The van der Waals surface area contributed by atoms with Crippen molar-refractivity contribution in [2.24, 2.45) is 30.7 Å². The van der Waals surface area contributed by atoms with E-state index in [4.69, 9.17) is 10.1 Å². The van der Waals surface area contributed by atoms with E-state index < -0.39 is 0 Å². The molecule has 44 heavy (non-hydrogen) atoms. The van der Waals surface area contributed by atoms with Gasteiger partial charge < -0.3 is 25.8 Å². The van der Waals surface area contributed by atoms with Gasteiger partial charge in [-0.2, -0.15) is 5.10 Å². The standard InChI is InChI=1S/C17H25N5O.C11H19NO.C6H11NO/c1-11-5-4-6-13(9-11)16(14-10-18-12(2)20-14)21-17(23)15-7-8-19-22(15)3;1-4-8(2)11(9(3)12)10-5-6-13-7-10;1-5-2-3-6(8)7-4-5/h7-8,10-11,13,16H,4-6,9H2,1-3H3,(H,18,20)(H,21,23);10,12H,4-7H2,1-3H3;5H,2-4H2,1H3,(H,7,8). The van der Waals surface area contributed by atoms with Gasteiger partial charge in [0.25, 0.3) is 5.91 Å². The Balaban J connectivity index is 0.000000211. The van der Waals surface area contributed by atoms with Crippen LogP contribution in [0.2, 0.25) is 0 Å². The zero-order chi connectivity index (χ0) is 32.2. The number of carbonyl (C=O) groups excluding carboxylic acids is 2. The maximum absolute atomic E-state index is 12.6. The summed E-state index contributed by atoms with van der Waals surface area (Å²) in [4.78, 5) is 30.8. The Morgan fingerprint density at radius 2 is 1.98 bits per heavy atom. The van der Waals surface area contributed by atoms with Gasteiger partial charge in [0.15, 0.2) is 0 Å². The third-order valence-electron chi connectivity index (χ3n) is 9.09. The van der Waals surface area contributed by atoms with E-state index in [2.05, 4.69) is 53.4 Å². The summed E-state index contributed by atoms with van der Waals surface area (Å²) < 4.78 is 6.96. The second-order valence-electron chi connectivity index (χ2n) is 12.9. The highest BCUT2D eigenvalue weighted by atomic mass is 16.5. The van der Waals surface area contributed by atoms with E-state index in [1.54, 1.807) is 24.0 Å². The lowest BCUT2D eigenvalue weighted by molar-refractivity contribution is -0.122. The molecule has 10 heteroatoms. The molecule has 2 aliphatic heterocycles. The number of aryl methyl sites for hydroxylation is 2. The van der Waals surface area contributed by atoms with Crippen LogP contribution in [0.3, 0.4) is 0 Å². The maximum Gasteiger partial charge on any atom is 0.270 e. The molecule has 3 fully saturated rings. The second-order valence-corrected chi connectivity index (χ2v) is 12.9. The van der Waals surface area contributed by atoms with Gasteiger partial charge >= 0.3 is 0 Å². The predicted octanol–water partition coefficient (Wildman–Crippen LogP) is 6.07. The molecule has 4 heterocycles. The molecule has 4 N–H and O–H groups in total. The van der Waals surface area contributed by atoms with Crippen molar-refractivity contribution in [3.05, 3.63) is 46.8 Å². The Labute approximate surface area is 263 Å². The molecule has 0 spiro atoms. The average molecular weight is 610 g/mol. The first-order chi connectivity index (χ1) is 21.0. The number of allylic oxidation sites excluding steroid dienone is 1. The van der Waals surface area contributed by atoms with Crippen molar-refractivity contribution in [3.63, 3.8) is 0 Å². The molecule has 2 amide bonds. The first-order valence-electron chi connectivity index (χ1n) is 16.4. The van der Waals surface area contributed by atoms with Gasteiger partial charge in [0.1, 0.15) is 11.5 Å². The smallest absolute Gasteiger partial charge is 0.270 e. The molecule has 3 aliphatic rings.